The molecule has 0 amide bonds. The highest BCUT2D eigenvalue weighted by molar-refractivity contribution is 9.10. The highest BCUT2D eigenvalue weighted by Crippen LogP contribution is 2.26. The lowest BCUT2D eigenvalue weighted by atomic mass is 10.3. The van der Waals surface area contributed by atoms with E-state index in [9.17, 15) is 4.39 Å². The maximum Gasteiger partial charge on any atom is 0.322 e. The average molecular weight is 348 g/mol. The Morgan fingerprint density at radius 3 is 2.84 bits per heavy atom. The van der Waals surface area contributed by atoms with Crippen molar-refractivity contribution in [1.82, 2.24) is 15.0 Å². The summed E-state index contributed by atoms with van der Waals surface area (Å²) in [7, 11) is 0. The first-order valence-electron chi connectivity index (χ1n) is 5.35. The number of hydrogen-bond donors (Lipinski definition) is 1. The number of nitrogens with one attached hydrogen (secondary N) is 1. The number of ether oxygens (including phenoxy) is 1. The number of benzene rings is 1. The zero-order valence-corrected chi connectivity index (χ0v) is 12.2. The molecule has 8 heteroatoms. The number of hydrogen-bond acceptors (Lipinski definition) is 5. The van der Waals surface area contributed by atoms with Crippen molar-refractivity contribution in [1.29, 1.82) is 0 Å². The van der Waals surface area contributed by atoms with Crippen molar-refractivity contribution >= 4 is 39.2 Å². The van der Waals surface area contributed by atoms with Gasteiger partial charge in [0.2, 0.25) is 11.2 Å². The standard InChI is InChI=1S/C11H9BrClFN4O/c1-2-19-11-17-9(13)16-10(18-11)15-8-4-3-6(14)5-7(8)12/h3-5H,2H2,1H3,(H,15,16,17,18). The third-order valence-electron chi connectivity index (χ3n) is 2.04. The molecular weight excluding hydrogens is 339 g/mol. The Hall–Kier alpha value is -1.47. The molecule has 0 saturated carbocycles. The fraction of sp³-hybridized carbons (Fsp3) is 0.182. The Balaban J connectivity index is 2.27. The predicted molar refractivity (Wildman–Crippen MR) is 73.4 cm³/mol. The van der Waals surface area contributed by atoms with Gasteiger partial charge in [0.05, 0.1) is 12.3 Å². The normalized spacial score (nSPS) is 10.3. The van der Waals surface area contributed by atoms with Gasteiger partial charge in [-0.2, -0.15) is 15.0 Å². The lowest BCUT2D eigenvalue weighted by Gasteiger charge is -2.08. The van der Waals surface area contributed by atoms with Crippen LogP contribution in [0, 0.1) is 5.82 Å². The van der Waals surface area contributed by atoms with Gasteiger partial charge in [0.25, 0.3) is 0 Å². The van der Waals surface area contributed by atoms with Gasteiger partial charge >= 0.3 is 6.01 Å². The number of aromatic nitrogens is 3. The monoisotopic (exact) mass is 346 g/mol. The zero-order chi connectivity index (χ0) is 13.8. The average Bonchev–Trinajstić information content (AvgIpc) is 2.32. The molecule has 1 N–H and O–H groups in total. The van der Waals surface area contributed by atoms with Crippen LogP contribution < -0.4 is 10.1 Å². The predicted octanol–water partition coefficient (Wildman–Crippen LogP) is 3.57. The molecule has 5 nitrogen and oxygen atoms in total. The van der Waals surface area contributed by atoms with Gasteiger partial charge in [-0.05, 0) is 52.7 Å². The van der Waals surface area contributed by atoms with Gasteiger partial charge in [-0.25, -0.2) is 4.39 Å². The van der Waals surface area contributed by atoms with Crippen LogP contribution in [0.3, 0.4) is 0 Å². The van der Waals surface area contributed by atoms with Crippen LogP contribution in [-0.2, 0) is 0 Å². The largest absolute Gasteiger partial charge is 0.464 e. The molecule has 0 spiro atoms. The molecule has 1 aromatic carbocycles. The molecule has 2 rings (SSSR count). The second-order valence-electron chi connectivity index (χ2n) is 3.39. The fourth-order valence-corrected chi connectivity index (χ4v) is 1.90. The Morgan fingerprint density at radius 2 is 2.16 bits per heavy atom. The van der Waals surface area contributed by atoms with E-state index >= 15 is 0 Å². The molecule has 1 heterocycles. The van der Waals surface area contributed by atoms with Crippen LogP contribution >= 0.6 is 27.5 Å². The van der Waals surface area contributed by atoms with Crippen molar-refractivity contribution in [3.05, 3.63) is 33.8 Å². The molecule has 2 aromatic rings. The van der Waals surface area contributed by atoms with E-state index in [1.165, 1.54) is 12.1 Å². The van der Waals surface area contributed by atoms with E-state index in [1.807, 2.05) is 0 Å². The molecule has 100 valence electrons. The number of rotatable bonds is 4. The van der Waals surface area contributed by atoms with Crippen LogP contribution in [0.1, 0.15) is 6.92 Å². The molecule has 19 heavy (non-hydrogen) atoms. The van der Waals surface area contributed by atoms with Crippen molar-refractivity contribution in [2.45, 2.75) is 6.92 Å². The summed E-state index contributed by atoms with van der Waals surface area (Å²) in [4.78, 5) is 11.8. The maximum atomic E-state index is 13.0. The minimum Gasteiger partial charge on any atom is -0.464 e. The number of nitrogens with zero attached hydrogens (tertiary/aromatic N) is 3. The van der Waals surface area contributed by atoms with E-state index in [2.05, 4.69) is 36.2 Å². The van der Waals surface area contributed by atoms with Crippen molar-refractivity contribution < 1.29 is 9.13 Å². The molecule has 0 fully saturated rings. The van der Waals surface area contributed by atoms with Crippen molar-refractivity contribution in [3.63, 3.8) is 0 Å². The molecule has 0 unspecified atom stereocenters. The summed E-state index contributed by atoms with van der Waals surface area (Å²) in [6.07, 6.45) is 0. The quantitative estimate of drug-likeness (QED) is 0.916. The van der Waals surface area contributed by atoms with Gasteiger partial charge in [0.1, 0.15) is 5.82 Å². The van der Waals surface area contributed by atoms with Crippen LogP contribution in [0.2, 0.25) is 5.28 Å². The first-order valence-corrected chi connectivity index (χ1v) is 6.52. The van der Waals surface area contributed by atoms with E-state index in [-0.39, 0.29) is 23.1 Å². The molecular formula is C11H9BrClFN4O. The van der Waals surface area contributed by atoms with Crippen molar-refractivity contribution in [2.75, 3.05) is 11.9 Å². The van der Waals surface area contributed by atoms with E-state index in [0.717, 1.165) is 0 Å². The minimum absolute atomic E-state index is 0.0131. The summed E-state index contributed by atoms with van der Waals surface area (Å²) in [5, 5.41) is 2.91. The second-order valence-corrected chi connectivity index (χ2v) is 4.59. The molecule has 0 aliphatic carbocycles. The SMILES string of the molecule is CCOc1nc(Cl)nc(Nc2ccc(F)cc2Br)n1. The lowest BCUT2D eigenvalue weighted by Crippen LogP contribution is -2.04. The van der Waals surface area contributed by atoms with Gasteiger partial charge in [0.15, 0.2) is 0 Å². The first kappa shape index (κ1) is 14.0. The molecule has 0 aliphatic heterocycles. The van der Waals surface area contributed by atoms with Gasteiger partial charge in [0, 0.05) is 4.47 Å². The highest BCUT2D eigenvalue weighted by Gasteiger charge is 2.08. The van der Waals surface area contributed by atoms with Gasteiger partial charge < -0.3 is 10.1 Å². The lowest BCUT2D eigenvalue weighted by molar-refractivity contribution is 0.312. The first-order chi connectivity index (χ1) is 9.08. The Kier molecular flexibility index (Phi) is 4.49. The van der Waals surface area contributed by atoms with Crippen molar-refractivity contribution in [2.24, 2.45) is 0 Å². The number of halogens is 3. The highest BCUT2D eigenvalue weighted by atomic mass is 79.9. The third kappa shape index (κ3) is 3.74. The van der Waals surface area contributed by atoms with Crippen LogP contribution in [0.4, 0.5) is 16.0 Å². The fourth-order valence-electron chi connectivity index (χ4n) is 1.29. The van der Waals surface area contributed by atoms with Crippen LogP contribution in [0.15, 0.2) is 22.7 Å². The van der Waals surface area contributed by atoms with E-state index in [4.69, 9.17) is 16.3 Å². The van der Waals surface area contributed by atoms with E-state index < -0.39 is 0 Å². The summed E-state index contributed by atoms with van der Waals surface area (Å²) in [6, 6.07) is 4.33. The van der Waals surface area contributed by atoms with Crippen molar-refractivity contribution in [3.8, 4) is 6.01 Å². The molecule has 0 radical (unpaired) electrons. The Bertz CT molecular complexity index is 599. The Morgan fingerprint density at radius 1 is 1.37 bits per heavy atom. The smallest absolute Gasteiger partial charge is 0.322 e. The summed E-state index contributed by atoms with van der Waals surface area (Å²) < 4.78 is 18.7. The topological polar surface area (TPSA) is 59.9 Å². The van der Waals surface area contributed by atoms with E-state index in [1.54, 1.807) is 13.0 Å². The second kappa shape index (κ2) is 6.12. The Labute approximate surface area is 122 Å². The minimum atomic E-state index is -0.346. The zero-order valence-electron chi connectivity index (χ0n) is 9.82. The number of anilines is 2. The summed E-state index contributed by atoms with van der Waals surface area (Å²) in [5.74, 6) is -0.128. The van der Waals surface area contributed by atoms with Gasteiger partial charge in [-0.15, -0.1) is 0 Å². The van der Waals surface area contributed by atoms with Crippen LogP contribution in [-0.4, -0.2) is 21.6 Å². The molecule has 0 aliphatic rings. The summed E-state index contributed by atoms with van der Waals surface area (Å²) in [5.41, 5.74) is 0.603. The van der Waals surface area contributed by atoms with Crippen LogP contribution in [0.25, 0.3) is 0 Å². The molecule has 1 aromatic heterocycles. The molecule has 0 bridgehead atoms. The van der Waals surface area contributed by atoms with Gasteiger partial charge in [-0.1, -0.05) is 0 Å². The van der Waals surface area contributed by atoms with Gasteiger partial charge in [-0.3, -0.25) is 0 Å². The summed E-state index contributed by atoms with van der Waals surface area (Å²) in [6.45, 7) is 2.22. The maximum absolute atomic E-state index is 13.0. The molecule has 0 atom stereocenters. The third-order valence-corrected chi connectivity index (χ3v) is 2.86. The molecule has 0 saturated heterocycles. The van der Waals surface area contributed by atoms with E-state index in [0.29, 0.717) is 16.8 Å². The van der Waals surface area contributed by atoms with Crippen LogP contribution in [0.5, 0.6) is 6.01 Å². The summed E-state index contributed by atoms with van der Waals surface area (Å²) >= 11 is 9.00.